The molecule has 0 aliphatic carbocycles. The maximum atomic E-state index is 11.8. The number of carbonyl (C=O) groups excluding carboxylic acids is 2. The number of carbonyl (C=O) groups is 3. The zero-order chi connectivity index (χ0) is 14.2. The Kier molecular flexibility index (Phi) is 3.12. The summed E-state index contributed by atoms with van der Waals surface area (Å²) in [5.41, 5.74) is 5.24. The lowest BCUT2D eigenvalue weighted by Crippen LogP contribution is -2.28. The number of carboxylic acid groups (broad SMARTS) is 1. The lowest BCUT2D eigenvalue weighted by Gasteiger charge is -2.17. The van der Waals surface area contributed by atoms with Gasteiger partial charge in [0.25, 0.3) is 0 Å². The van der Waals surface area contributed by atoms with Crippen LogP contribution in [0.2, 0.25) is 0 Å². The highest BCUT2D eigenvalue weighted by molar-refractivity contribution is 6.01. The molecule has 2 amide bonds. The van der Waals surface area contributed by atoms with Crippen LogP contribution in [0.3, 0.4) is 0 Å². The van der Waals surface area contributed by atoms with Crippen LogP contribution in [0.25, 0.3) is 0 Å². The first kappa shape index (κ1) is 12.9. The highest BCUT2D eigenvalue weighted by Crippen LogP contribution is 2.32. The zero-order valence-corrected chi connectivity index (χ0v) is 9.87. The molecule has 1 aromatic rings. The van der Waals surface area contributed by atoms with E-state index >= 15 is 0 Å². The third-order valence-corrected chi connectivity index (χ3v) is 3.04. The quantitative estimate of drug-likeness (QED) is 0.705. The second-order valence-electron chi connectivity index (χ2n) is 4.32. The average molecular weight is 264 g/mol. The lowest BCUT2D eigenvalue weighted by atomic mass is 10.1. The van der Waals surface area contributed by atoms with Crippen molar-refractivity contribution in [3.63, 3.8) is 0 Å². The number of primary amides is 1. The number of amides is 2. The Hall–Kier alpha value is -2.57. The van der Waals surface area contributed by atoms with E-state index in [-0.39, 0.29) is 35.9 Å². The van der Waals surface area contributed by atoms with E-state index in [0.29, 0.717) is 0 Å². The standard InChI is InChI=1S/C12H12N2O5/c13-11(17)7-4-10(16)14(5-7)8-2-1-6(12(18)19)3-9(8)15/h1-3,7,15H,4-5H2,(H2,13,17)(H,18,19). The number of hydrogen-bond acceptors (Lipinski definition) is 4. The van der Waals surface area contributed by atoms with Gasteiger partial charge in [0.2, 0.25) is 11.8 Å². The van der Waals surface area contributed by atoms with Gasteiger partial charge in [-0.15, -0.1) is 0 Å². The van der Waals surface area contributed by atoms with Crippen LogP contribution in [0.4, 0.5) is 5.69 Å². The molecule has 1 fully saturated rings. The Morgan fingerprint density at radius 1 is 1.37 bits per heavy atom. The molecule has 0 spiro atoms. The van der Waals surface area contributed by atoms with Gasteiger partial charge < -0.3 is 20.8 Å². The molecule has 1 aliphatic rings. The summed E-state index contributed by atoms with van der Waals surface area (Å²) in [6, 6.07) is 3.67. The molecule has 0 radical (unpaired) electrons. The van der Waals surface area contributed by atoms with Crippen LogP contribution >= 0.6 is 0 Å². The first-order valence-corrected chi connectivity index (χ1v) is 5.56. The number of nitrogens with two attached hydrogens (primary N) is 1. The summed E-state index contributed by atoms with van der Waals surface area (Å²) in [4.78, 5) is 34.8. The van der Waals surface area contributed by atoms with E-state index in [0.717, 1.165) is 6.07 Å². The van der Waals surface area contributed by atoms with Crippen LogP contribution in [-0.4, -0.2) is 34.5 Å². The Morgan fingerprint density at radius 2 is 2.05 bits per heavy atom. The van der Waals surface area contributed by atoms with Crippen LogP contribution in [0.15, 0.2) is 18.2 Å². The van der Waals surface area contributed by atoms with E-state index in [1.54, 1.807) is 0 Å². The van der Waals surface area contributed by atoms with Gasteiger partial charge in [0, 0.05) is 13.0 Å². The van der Waals surface area contributed by atoms with E-state index in [1.807, 2.05) is 0 Å². The van der Waals surface area contributed by atoms with Crippen LogP contribution in [0, 0.1) is 5.92 Å². The molecule has 0 bridgehead atoms. The van der Waals surface area contributed by atoms with E-state index < -0.39 is 17.8 Å². The second-order valence-corrected chi connectivity index (χ2v) is 4.32. The van der Waals surface area contributed by atoms with Crippen molar-refractivity contribution in [2.24, 2.45) is 11.7 Å². The van der Waals surface area contributed by atoms with Crippen molar-refractivity contribution in [3.8, 4) is 5.75 Å². The van der Waals surface area contributed by atoms with Crippen LogP contribution in [0.5, 0.6) is 5.75 Å². The summed E-state index contributed by atoms with van der Waals surface area (Å²) in [6.07, 6.45) is -0.00451. The van der Waals surface area contributed by atoms with Gasteiger partial charge in [-0.3, -0.25) is 9.59 Å². The minimum absolute atomic E-state index is 0.00451. The first-order valence-electron chi connectivity index (χ1n) is 5.56. The molecule has 4 N–H and O–H groups in total. The second kappa shape index (κ2) is 4.60. The number of aromatic carboxylic acids is 1. The van der Waals surface area contributed by atoms with Gasteiger partial charge in [-0.2, -0.15) is 0 Å². The molecule has 0 aromatic heterocycles. The number of carboxylic acids is 1. The topological polar surface area (TPSA) is 121 Å². The lowest BCUT2D eigenvalue weighted by molar-refractivity contribution is -0.123. The number of benzene rings is 1. The largest absolute Gasteiger partial charge is 0.506 e. The number of phenols is 1. The van der Waals surface area contributed by atoms with Gasteiger partial charge in [0.05, 0.1) is 17.2 Å². The van der Waals surface area contributed by atoms with Crippen molar-refractivity contribution in [1.82, 2.24) is 0 Å². The molecule has 1 aromatic carbocycles. The van der Waals surface area contributed by atoms with Crippen molar-refractivity contribution in [2.45, 2.75) is 6.42 Å². The third-order valence-electron chi connectivity index (χ3n) is 3.04. The predicted octanol–water partition coefficient (Wildman–Crippen LogP) is -0.0714. The van der Waals surface area contributed by atoms with Gasteiger partial charge in [-0.1, -0.05) is 0 Å². The molecule has 100 valence electrons. The number of hydrogen-bond donors (Lipinski definition) is 3. The van der Waals surface area contributed by atoms with Crippen molar-refractivity contribution in [3.05, 3.63) is 23.8 Å². The fourth-order valence-electron chi connectivity index (χ4n) is 2.02. The Bertz CT molecular complexity index is 569. The minimum Gasteiger partial charge on any atom is -0.506 e. The molecular weight excluding hydrogens is 252 g/mol. The van der Waals surface area contributed by atoms with Crippen molar-refractivity contribution >= 4 is 23.5 Å². The molecular formula is C12H12N2O5. The number of nitrogens with zero attached hydrogens (tertiary/aromatic N) is 1. The highest BCUT2D eigenvalue weighted by Gasteiger charge is 2.35. The molecule has 2 rings (SSSR count). The number of rotatable bonds is 3. The molecule has 1 saturated heterocycles. The SMILES string of the molecule is NC(=O)C1CC(=O)N(c2ccc(C(=O)O)cc2O)C1. The number of aromatic hydroxyl groups is 1. The summed E-state index contributed by atoms with van der Waals surface area (Å²) in [5, 5.41) is 18.5. The van der Waals surface area contributed by atoms with E-state index in [2.05, 4.69) is 0 Å². The van der Waals surface area contributed by atoms with Gasteiger partial charge in [0.1, 0.15) is 5.75 Å². The maximum absolute atomic E-state index is 11.8. The summed E-state index contributed by atoms with van der Waals surface area (Å²) in [6.45, 7) is 0.0914. The van der Waals surface area contributed by atoms with Crippen LogP contribution in [-0.2, 0) is 9.59 Å². The van der Waals surface area contributed by atoms with Crippen molar-refractivity contribution < 1.29 is 24.6 Å². The van der Waals surface area contributed by atoms with Gasteiger partial charge >= 0.3 is 5.97 Å². The van der Waals surface area contributed by atoms with E-state index in [9.17, 15) is 19.5 Å². The molecule has 19 heavy (non-hydrogen) atoms. The van der Waals surface area contributed by atoms with E-state index in [1.165, 1.54) is 17.0 Å². The molecule has 7 nitrogen and oxygen atoms in total. The Morgan fingerprint density at radius 3 is 2.53 bits per heavy atom. The number of anilines is 1. The summed E-state index contributed by atoms with van der Waals surface area (Å²) < 4.78 is 0. The normalized spacial score (nSPS) is 18.6. The Labute approximate surface area is 108 Å². The summed E-state index contributed by atoms with van der Waals surface area (Å²) >= 11 is 0. The Balaban J connectivity index is 2.30. The van der Waals surface area contributed by atoms with Gasteiger partial charge in [0.15, 0.2) is 0 Å². The van der Waals surface area contributed by atoms with Crippen LogP contribution < -0.4 is 10.6 Å². The summed E-state index contributed by atoms with van der Waals surface area (Å²) in [5.74, 6) is -2.99. The molecule has 0 saturated carbocycles. The van der Waals surface area contributed by atoms with Crippen molar-refractivity contribution in [1.29, 1.82) is 0 Å². The maximum Gasteiger partial charge on any atom is 0.335 e. The molecule has 1 atom stereocenters. The highest BCUT2D eigenvalue weighted by atomic mass is 16.4. The molecule has 1 aliphatic heterocycles. The average Bonchev–Trinajstić information content (AvgIpc) is 2.71. The fraction of sp³-hybridized carbons (Fsp3) is 0.250. The number of phenolic OH excluding ortho intramolecular Hbond substituents is 1. The van der Waals surface area contributed by atoms with Gasteiger partial charge in [-0.05, 0) is 18.2 Å². The zero-order valence-electron chi connectivity index (χ0n) is 9.87. The summed E-state index contributed by atoms with van der Waals surface area (Å²) in [7, 11) is 0. The smallest absolute Gasteiger partial charge is 0.335 e. The van der Waals surface area contributed by atoms with Crippen LogP contribution in [0.1, 0.15) is 16.8 Å². The van der Waals surface area contributed by atoms with Gasteiger partial charge in [-0.25, -0.2) is 4.79 Å². The predicted molar refractivity (Wildman–Crippen MR) is 64.7 cm³/mol. The van der Waals surface area contributed by atoms with Crippen molar-refractivity contribution in [2.75, 3.05) is 11.4 Å². The molecule has 1 unspecified atom stereocenters. The molecule has 1 heterocycles. The fourth-order valence-corrected chi connectivity index (χ4v) is 2.02. The monoisotopic (exact) mass is 264 g/mol. The molecule has 7 heteroatoms. The third kappa shape index (κ3) is 2.35. The minimum atomic E-state index is -1.18. The van der Waals surface area contributed by atoms with E-state index in [4.69, 9.17) is 10.8 Å². The first-order chi connectivity index (χ1) is 8.90.